The summed E-state index contributed by atoms with van der Waals surface area (Å²) in [4.78, 5) is 12.0. The van der Waals surface area contributed by atoms with Gasteiger partial charge in [0.05, 0.1) is 5.52 Å². The van der Waals surface area contributed by atoms with Crippen LogP contribution in [0.2, 0.25) is 0 Å². The van der Waals surface area contributed by atoms with Crippen LogP contribution in [0.5, 0.6) is 0 Å². The highest BCUT2D eigenvalue weighted by atomic mass is 16.1. The molecule has 3 nitrogen and oxygen atoms in total. The Morgan fingerprint density at radius 1 is 1.31 bits per heavy atom. The Hall–Kier alpha value is -1.77. The van der Waals surface area contributed by atoms with E-state index in [1.165, 1.54) is 12.8 Å². The average Bonchev–Trinajstić information content (AvgIpc) is 3.10. The number of aromatic nitrogens is 1. The molecule has 1 heterocycles. The van der Waals surface area contributed by atoms with Crippen LogP contribution in [0.25, 0.3) is 10.9 Å². The first-order valence-electron chi connectivity index (χ1n) is 5.61. The van der Waals surface area contributed by atoms with E-state index < -0.39 is 0 Å². The predicted molar refractivity (Wildman–Crippen MR) is 65.8 cm³/mol. The van der Waals surface area contributed by atoms with Crippen LogP contribution in [0, 0.1) is 0 Å². The Kier molecular flexibility index (Phi) is 1.99. The smallest absolute Gasteiger partial charge is 0.274 e. The van der Waals surface area contributed by atoms with Crippen LogP contribution in [0.3, 0.4) is 0 Å². The number of fused-ring (bicyclic) bond motifs is 1. The summed E-state index contributed by atoms with van der Waals surface area (Å²) in [6.07, 6.45) is 2.35. The van der Waals surface area contributed by atoms with Gasteiger partial charge in [-0.25, -0.2) is 0 Å². The van der Waals surface area contributed by atoms with Crippen molar-refractivity contribution in [1.29, 1.82) is 0 Å². The normalized spacial score (nSPS) is 15.3. The number of anilines is 1. The molecular weight excluding hydrogens is 200 g/mol. The van der Waals surface area contributed by atoms with Crippen molar-refractivity contribution in [3.8, 4) is 0 Å². The lowest BCUT2D eigenvalue weighted by atomic mass is 10.2. The second-order valence-electron chi connectivity index (χ2n) is 4.40. The molecule has 1 aliphatic carbocycles. The molecule has 0 bridgehead atoms. The van der Waals surface area contributed by atoms with Crippen LogP contribution in [0.1, 0.15) is 12.8 Å². The van der Waals surface area contributed by atoms with Gasteiger partial charge >= 0.3 is 0 Å². The molecule has 1 aliphatic rings. The molecule has 1 saturated carbocycles. The molecule has 1 aromatic heterocycles. The van der Waals surface area contributed by atoms with Crippen molar-refractivity contribution in [2.45, 2.75) is 18.9 Å². The van der Waals surface area contributed by atoms with Crippen molar-refractivity contribution >= 4 is 16.6 Å². The maximum absolute atomic E-state index is 12.0. The highest BCUT2D eigenvalue weighted by Crippen LogP contribution is 2.24. The predicted octanol–water partition coefficient (Wildman–Crippen LogP) is 2.11. The van der Waals surface area contributed by atoms with Crippen LogP contribution < -0.4 is 10.9 Å². The SMILES string of the molecule is Cn1c(=O)c(NC2CC2)cc2ccccc21. The second kappa shape index (κ2) is 3.37. The lowest BCUT2D eigenvalue weighted by Gasteiger charge is -2.09. The molecule has 1 fully saturated rings. The number of hydrogen-bond acceptors (Lipinski definition) is 2. The van der Waals surface area contributed by atoms with Crippen LogP contribution in [0.4, 0.5) is 5.69 Å². The Morgan fingerprint density at radius 2 is 2.06 bits per heavy atom. The van der Waals surface area contributed by atoms with Gasteiger partial charge in [0.25, 0.3) is 5.56 Å². The molecule has 1 aromatic carbocycles. The molecular formula is C13H14N2O. The summed E-state index contributed by atoms with van der Waals surface area (Å²) in [5.74, 6) is 0. The van der Waals surface area contributed by atoms with Crippen LogP contribution in [0.15, 0.2) is 35.1 Å². The molecule has 3 rings (SSSR count). The molecule has 0 saturated heterocycles. The van der Waals surface area contributed by atoms with Crippen molar-refractivity contribution in [2.24, 2.45) is 7.05 Å². The first kappa shape index (κ1) is 9.46. The van der Waals surface area contributed by atoms with Crippen LogP contribution >= 0.6 is 0 Å². The summed E-state index contributed by atoms with van der Waals surface area (Å²) >= 11 is 0. The molecule has 16 heavy (non-hydrogen) atoms. The topological polar surface area (TPSA) is 34.0 Å². The van der Waals surface area contributed by atoms with Crippen LogP contribution in [-0.4, -0.2) is 10.6 Å². The summed E-state index contributed by atoms with van der Waals surface area (Å²) < 4.78 is 1.71. The van der Waals surface area contributed by atoms with E-state index in [1.54, 1.807) is 4.57 Å². The van der Waals surface area contributed by atoms with Gasteiger partial charge in [0.1, 0.15) is 5.69 Å². The van der Waals surface area contributed by atoms with Gasteiger partial charge in [0.2, 0.25) is 0 Å². The van der Waals surface area contributed by atoms with Gasteiger partial charge < -0.3 is 9.88 Å². The minimum Gasteiger partial charge on any atom is -0.378 e. The molecule has 0 amide bonds. The minimum atomic E-state index is 0.0607. The number of hydrogen-bond donors (Lipinski definition) is 1. The summed E-state index contributed by atoms with van der Waals surface area (Å²) in [7, 11) is 1.82. The van der Waals surface area contributed by atoms with E-state index in [-0.39, 0.29) is 5.56 Å². The third-order valence-corrected chi connectivity index (χ3v) is 3.07. The van der Waals surface area contributed by atoms with Crippen LogP contribution in [-0.2, 0) is 7.05 Å². The fraction of sp³-hybridized carbons (Fsp3) is 0.308. The number of para-hydroxylation sites is 1. The zero-order valence-electron chi connectivity index (χ0n) is 9.23. The molecule has 0 radical (unpaired) electrons. The Morgan fingerprint density at radius 3 is 2.81 bits per heavy atom. The number of nitrogens with one attached hydrogen (secondary N) is 1. The van der Waals surface area contributed by atoms with E-state index in [0.29, 0.717) is 6.04 Å². The van der Waals surface area contributed by atoms with Gasteiger partial charge in [-0.2, -0.15) is 0 Å². The first-order valence-corrected chi connectivity index (χ1v) is 5.61. The van der Waals surface area contributed by atoms with E-state index in [9.17, 15) is 4.79 Å². The monoisotopic (exact) mass is 214 g/mol. The van der Waals surface area contributed by atoms with E-state index in [0.717, 1.165) is 16.6 Å². The highest BCUT2D eigenvalue weighted by Gasteiger charge is 2.22. The quantitative estimate of drug-likeness (QED) is 0.830. The summed E-state index contributed by atoms with van der Waals surface area (Å²) in [5, 5.41) is 4.39. The molecule has 0 atom stereocenters. The average molecular weight is 214 g/mol. The Balaban J connectivity index is 2.21. The zero-order valence-corrected chi connectivity index (χ0v) is 9.23. The molecule has 3 heteroatoms. The Bertz CT molecular complexity index is 596. The maximum Gasteiger partial charge on any atom is 0.274 e. The summed E-state index contributed by atoms with van der Waals surface area (Å²) in [5.41, 5.74) is 1.77. The van der Waals surface area contributed by atoms with E-state index in [4.69, 9.17) is 0 Å². The van der Waals surface area contributed by atoms with E-state index in [2.05, 4.69) is 5.32 Å². The molecule has 0 unspecified atom stereocenters. The first-order chi connectivity index (χ1) is 7.75. The van der Waals surface area contributed by atoms with Gasteiger partial charge in [0.15, 0.2) is 0 Å². The van der Waals surface area contributed by atoms with E-state index >= 15 is 0 Å². The number of nitrogens with zero attached hydrogens (tertiary/aromatic N) is 1. The van der Waals surface area contributed by atoms with Crippen molar-refractivity contribution in [2.75, 3.05) is 5.32 Å². The maximum atomic E-state index is 12.0. The molecule has 0 aliphatic heterocycles. The minimum absolute atomic E-state index is 0.0607. The standard InChI is InChI=1S/C13H14N2O/c1-15-12-5-3-2-4-9(12)8-11(13(15)16)14-10-6-7-10/h2-5,8,10,14H,6-7H2,1H3. The van der Waals surface area contributed by atoms with Gasteiger partial charge in [-0.15, -0.1) is 0 Å². The number of benzene rings is 1. The molecule has 82 valence electrons. The third-order valence-electron chi connectivity index (χ3n) is 3.07. The third kappa shape index (κ3) is 1.48. The van der Waals surface area contributed by atoms with Crippen molar-refractivity contribution in [1.82, 2.24) is 4.57 Å². The lowest BCUT2D eigenvalue weighted by molar-refractivity contribution is 0.903. The second-order valence-corrected chi connectivity index (χ2v) is 4.40. The van der Waals surface area contributed by atoms with Crippen molar-refractivity contribution in [3.05, 3.63) is 40.7 Å². The Labute approximate surface area is 93.7 Å². The highest BCUT2D eigenvalue weighted by molar-refractivity contribution is 5.82. The molecule has 1 N–H and O–H groups in total. The summed E-state index contributed by atoms with van der Waals surface area (Å²) in [6.45, 7) is 0. The van der Waals surface area contributed by atoms with Gasteiger partial charge in [-0.05, 0) is 25.0 Å². The van der Waals surface area contributed by atoms with Gasteiger partial charge in [-0.3, -0.25) is 4.79 Å². The largest absolute Gasteiger partial charge is 0.378 e. The fourth-order valence-corrected chi connectivity index (χ4v) is 1.97. The van der Waals surface area contributed by atoms with Gasteiger partial charge in [0, 0.05) is 18.5 Å². The molecule has 0 spiro atoms. The van der Waals surface area contributed by atoms with Gasteiger partial charge in [-0.1, -0.05) is 18.2 Å². The summed E-state index contributed by atoms with van der Waals surface area (Å²) in [6, 6.07) is 10.4. The van der Waals surface area contributed by atoms with Crippen molar-refractivity contribution in [3.63, 3.8) is 0 Å². The number of pyridine rings is 1. The van der Waals surface area contributed by atoms with Crippen molar-refractivity contribution < 1.29 is 0 Å². The van der Waals surface area contributed by atoms with E-state index in [1.807, 2.05) is 37.4 Å². The number of rotatable bonds is 2. The molecule has 2 aromatic rings. The fourth-order valence-electron chi connectivity index (χ4n) is 1.97. The lowest BCUT2D eigenvalue weighted by Crippen LogP contribution is -2.22. The number of aryl methyl sites for hydroxylation is 1. The zero-order chi connectivity index (χ0) is 11.1.